The van der Waals surface area contributed by atoms with Gasteiger partial charge in [0.25, 0.3) is 0 Å². The van der Waals surface area contributed by atoms with Crippen LogP contribution in [0.5, 0.6) is 0 Å². The Labute approximate surface area is 128 Å². The van der Waals surface area contributed by atoms with Crippen LogP contribution in [-0.4, -0.2) is 28.0 Å². The van der Waals surface area contributed by atoms with Crippen LogP contribution in [0.25, 0.3) is 10.9 Å². The van der Waals surface area contributed by atoms with Crippen molar-refractivity contribution >= 4 is 16.9 Å². The number of ether oxygens (including phenoxy) is 1. The summed E-state index contributed by atoms with van der Waals surface area (Å²) in [6.07, 6.45) is -0.154. The fourth-order valence-corrected chi connectivity index (χ4v) is 2.28. The number of rotatable bonds is 4. The summed E-state index contributed by atoms with van der Waals surface area (Å²) in [5.74, 6) is -0.500. The van der Waals surface area contributed by atoms with Gasteiger partial charge in [0.15, 0.2) is 0 Å². The van der Waals surface area contributed by atoms with Crippen LogP contribution in [0.15, 0.2) is 23.0 Å². The molecule has 0 bridgehead atoms. The molecule has 0 fully saturated rings. The van der Waals surface area contributed by atoms with Crippen LogP contribution >= 0.6 is 0 Å². The molecule has 2 aromatic rings. The Morgan fingerprint density at radius 2 is 2.09 bits per heavy atom. The van der Waals surface area contributed by atoms with Gasteiger partial charge in [0, 0.05) is 11.9 Å². The Morgan fingerprint density at radius 3 is 2.64 bits per heavy atom. The van der Waals surface area contributed by atoms with Crippen LogP contribution in [-0.2, 0) is 28.1 Å². The molecule has 0 spiro atoms. The van der Waals surface area contributed by atoms with E-state index in [2.05, 4.69) is 9.84 Å². The van der Waals surface area contributed by atoms with Gasteiger partial charge in [-0.05, 0) is 38.5 Å². The number of hydrogen-bond acceptors (Lipinski definition) is 5. The lowest BCUT2D eigenvalue weighted by molar-refractivity contribution is -0.139. The van der Waals surface area contributed by atoms with Crippen molar-refractivity contribution in [1.29, 1.82) is 0 Å². The van der Waals surface area contributed by atoms with Crippen molar-refractivity contribution in [3.63, 3.8) is 0 Å². The van der Waals surface area contributed by atoms with E-state index in [4.69, 9.17) is 0 Å². The highest BCUT2D eigenvalue weighted by atomic mass is 16.5. The summed E-state index contributed by atoms with van der Waals surface area (Å²) in [6, 6.07) is 5.14. The third kappa shape index (κ3) is 3.01. The third-order valence-corrected chi connectivity index (χ3v) is 3.57. The van der Waals surface area contributed by atoms with E-state index in [1.54, 1.807) is 36.7 Å². The minimum atomic E-state index is -1.01. The Hall–Kier alpha value is -2.21. The first-order valence-corrected chi connectivity index (χ1v) is 7.11. The van der Waals surface area contributed by atoms with Crippen LogP contribution in [0.1, 0.15) is 32.0 Å². The van der Waals surface area contributed by atoms with Crippen LogP contribution in [0, 0.1) is 0 Å². The SMILES string of the molecule is CCn1nc(CC(=O)OC)c(=O)c2ccc(C(C)(C)O)cc21. The zero-order chi connectivity index (χ0) is 16.5. The fraction of sp³-hybridized carbons (Fsp3) is 0.438. The predicted molar refractivity (Wildman–Crippen MR) is 82.6 cm³/mol. The highest BCUT2D eigenvalue weighted by molar-refractivity contribution is 5.81. The maximum absolute atomic E-state index is 12.5. The average Bonchev–Trinajstić information content (AvgIpc) is 2.48. The first-order valence-electron chi connectivity index (χ1n) is 7.11. The van der Waals surface area contributed by atoms with E-state index < -0.39 is 11.6 Å². The normalized spacial score (nSPS) is 11.7. The summed E-state index contributed by atoms with van der Waals surface area (Å²) in [5.41, 5.74) is 0.211. The molecular formula is C16H20N2O4. The summed E-state index contributed by atoms with van der Waals surface area (Å²) < 4.78 is 6.26. The lowest BCUT2D eigenvalue weighted by atomic mass is 9.97. The van der Waals surface area contributed by atoms with Crippen LogP contribution in [0.2, 0.25) is 0 Å². The van der Waals surface area contributed by atoms with Crippen molar-refractivity contribution in [2.24, 2.45) is 0 Å². The number of esters is 1. The molecule has 0 saturated carbocycles. The van der Waals surface area contributed by atoms with E-state index in [-0.39, 0.29) is 17.5 Å². The van der Waals surface area contributed by atoms with Gasteiger partial charge in [-0.2, -0.15) is 5.10 Å². The summed E-state index contributed by atoms with van der Waals surface area (Å²) in [6.45, 7) is 5.80. The van der Waals surface area contributed by atoms with Crippen molar-refractivity contribution in [1.82, 2.24) is 9.78 Å². The first kappa shape index (κ1) is 16.2. The smallest absolute Gasteiger partial charge is 0.311 e. The van der Waals surface area contributed by atoms with Gasteiger partial charge in [-0.1, -0.05) is 6.07 Å². The zero-order valence-corrected chi connectivity index (χ0v) is 13.2. The van der Waals surface area contributed by atoms with E-state index in [0.717, 1.165) is 0 Å². The molecule has 0 saturated heterocycles. The molecule has 6 nitrogen and oxygen atoms in total. The minimum Gasteiger partial charge on any atom is -0.469 e. The summed E-state index contributed by atoms with van der Waals surface area (Å²) in [7, 11) is 1.28. The number of fused-ring (bicyclic) bond motifs is 1. The van der Waals surface area contributed by atoms with Gasteiger partial charge in [0.2, 0.25) is 5.43 Å². The standard InChI is InChI=1S/C16H20N2O4/c1-5-18-13-8-10(16(2,3)21)6-7-11(13)15(20)12(17-18)9-14(19)22-4/h6-8,21H,5,9H2,1-4H3. The lowest BCUT2D eigenvalue weighted by Gasteiger charge is -2.19. The summed E-state index contributed by atoms with van der Waals surface area (Å²) in [5, 5.41) is 14.8. The number of aryl methyl sites for hydroxylation is 1. The molecular weight excluding hydrogens is 284 g/mol. The molecule has 0 amide bonds. The maximum Gasteiger partial charge on any atom is 0.311 e. The number of aliphatic hydroxyl groups is 1. The van der Waals surface area contributed by atoms with Gasteiger partial charge in [-0.15, -0.1) is 0 Å². The van der Waals surface area contributed by atoms with Crippen molar-refractivity contribution < 1.29 is 14.6 Å². The highest BCUT2D eigenvalue weighted by Crippen LogP contribution is 2.23. The molecule has 0 aliphatic carbocycles. The van der Waals surface area contributed by atoms with Crippen molar-refractivity contribution in [3.8, 4) is 0 Å². The number of carbonyl (C=O) groups excluding carboxylic acids is 1. The summed E-state index contributed by atoms with van der Waals surface area (Å²) >= 11 is 0. The van der Waals surface area contributed by atoms with Gasteiger partial charge in [0.05, 0.1) is 24.6 Å². The number of hydrogen-bond donors (Lipinski definition) is 1. The molecule has 1 aromatic carbocycles. The van der Waals surface area contributed by atoms with Crippen LogP contribution in [0.3, 0.4) is 0 Å². The number of aromatic nitrogens is 2. The Morgan fingerprint density at radius 1 is 1.41 bits per heavy atom. The molecule has 1 aromatic heterocycles. The molecule has 0 atom stereocenters. The Bertz CT molecular complexity index is 772. The second-order valence-electron chi connectivity index (χ2n) is 5.64. The second kappa shape index (κ2) is 5.88. The average molecular weight is 304 g/mol. The van der Waals surface area contributed by atoms with Gasteiger partial charge >= 0.3 is 5.97 Å². The fourth-order valence-electron chi connectivity index (χ4n) is 2.28. The minimum absolute atomic E-state index is 0.154. The largest absolute Gasteiger partial charge is 0.469 e. The summed E-state index contributed by atoms with van der Waals surface area (Å²) in [4.78, 5) is 23.9. The molecule has 1 heterocycles. The highest BCUT2D eigenvalue weighted by Gasteiger charge is 2.19. The Kier molecular flexibility index (Phi) is 4.32. The molecule has 2 rings (SSSR count). The van der Waals surface area contributed by atoms with Gasteiger partial charge in [0.1, 0.15) is 5.69 Å². The first-order chi connectivity index (χ1) is 10.3. The number of nitrogens with zero attached hydrogens (tertiary/aromatic N) is 2. The van der Waals surface area contributed by atoms with Gasteiger partial charge in [-0.25, -0.2) is 0 Å². The second-order valence-corrected chi connectivity index (χ2v) is 5.64. The molecule has 118 valence electrons. The Balaban J connectivity index is 2.69. The lowest BCUT2D eigenvalue weighted by Crippen LogP contribution is -2.23. The topological polar surface area (TPSA) is 81.4 Å². The molecule has 1 N–H and O–H groups in total. The van der Waals surface area contributed by atoms with Crippen molar-refractivity contribution in [2.45, 2.75) is 39.3 Å². The molecule has 22 heavy (non-hydrogen) atoms. The van der Waals surface area contributed by atoms with Gasteiger partial charge in [-0.3, -0.25) is 14.3 Å². The predicted octanol–water partition coefficient (Wildman–Crippen LogP) is 1.36. The zero-order valence-electron chi connectivity index (χ0n) is 13.2. The number of benzene rings is 1. The van der Waals surface area contributed by atoms with E-state index in [1.165, 1.54) is 7.11 Å². The molecule has 0 radical (unpaired) electrons. The number of methoxy groups -OCH3 is 1. The number of carbonyl (C=O) groups is 1. The van der Waals surface area contributed by atoms with E-state index in [9.17, 15) is 14.7 Å². The van der Waals surface area contributed by atoms with Crippen molar-refractivity contribution in [2.75, 3.05) is 7.11 Å². The van der Waals surface area contributed by atoms with E-state index in [0.29, 0.717) is 23.0 Å². The van der Waals surface area contributed by atoms with Crippen LogP contribution in [0.4, 0.5) is 0 Å². The molecule has 0 aliphatic rings. The monoisotopic (exact) mass is 304 g/mol. The maximum atomic E-state index is 12.5. The van der Waals surface area contributed by atoms with Crippen LogP contribution < -0.4 is 5.43 Å². The van der Waals surface area contributed by atoms with E-state index >= 15 is 0 Å². The van der Waals surface area contributed by atoms with E-state index in [1.807, 2.05) is 6.92 Å². The molecule has 0 unspecified atom stereocenters. The van der Waals surface area contributed by atoms with Gasteiger partial charge < -0.3 is 9.84 Å². The molecule has 6 heteroatoms. The molecule has 0 aliphatic heterocycles. The third-order valence-electron chi connectivity index (χ3n) is 3.57. The van der Waals surface area contributed by atoms with Crippen molar-refractivity contribution in [3.05, 3.63) is 39.7 Å². The quantitative estimate of drug-likeness (QED) is 0.863.